The van der Waals surface area contributed by atoms with Crippen molar-refractivity contribution in [3.8, 4) is 11.5 Å². The van der Waals surface area contributed by atoms with Crippen LogP contribution in [-0.2, 0) is 17.9 Å². The minimum Gasteiger partial charge on any atom is -0.493 e. The molecular weight excluding hydrogens is 450 g/mol. The lowest BCUT2D eigenvalue weighted by molar-refractivity contribution is -0.116. The second kappa shape index (κ2) is 9.34. The molecule has 0 bridgehead atoms. The van der Waals surface area contributed by atoms with E-state index in [2.05, 4.69) is 31.4 Å². The van der Waals surface area contributed by atoms with Crippen molar-refractivity contribution in [2.75, 3.05) is 19.5 Å². The number of rotatable bonds is 8. The maximum Gasteiger partial charge on any atom is 0.226 e. The highest BCUT2D eigenvalue weighted by atomic mass is 79.9. The average molecular weight is 476 g/mol. The molecule has 0 atom stereocenters. The molecule has 0 spiro atoms. The van der Waals surface area contributed by atoms with E-state index in [4.69, 9.17) is 9.47 Å². The second-order valence-electron chi connectivity index (χ2n) is 7.02. The van der Waals surface area contributed by atoms with Gasteiger partial charge < -0.3 is 14.8 Å². The molecule has 1 N–H and O–H groups in total. The fraction of sp³-hybridized carbons (Fsp3) is 0.381. The van der Waals surface area contributed by atoms with Crippen molar-refractivity contribution in [1.82, 2.24) is 19.6 Å². The molecule has 160 valence electrons. The Balaban J connectivity index is 1.68. The van der Waals surface area contributed by atoms with Crippen molar-refractivity contribution >= 4 is 27.5 Å². The molecule has 0 aliphatic heterocycles. The standard InChI is InChI=1S/C21H26BrN5O3/c1-13-17(22)12-26(24-13)9-8-20(28)23-21-14(2)25-27(15(21)3)11-16-6-7-18(29-4)19(10-16)30-5/h6-7,10,12H,8-9,11H2,1-5H3,(H,23,28). The highest BCUT2D eigenvalue weighted by molar-refractivity contribution is 9.10. The molecule has 0 unspecified atom stereocenters. The number of hydrogen-bond acceptors (Lipinski definition) is 5. The monoisotopic (exact) mass is 475 g/mol. The van der Waals surface area contributed by atoms with Crippen LogP contribution in [0.5, 0.6) is 11.5 Å². The molecule has 2 heterocycles. The first kappa shape index (κ1) is 21.9. The molecule has 8 nitrogen and oxygen atoms in total. The molecule has 0 radical (unpaired) electrons. The number of carbonyl (C=O) groups excluding carboxylic acids is 1. The Morgan fingerprint density at radius 2 is 1.83 bits per heavy atom. The largest absolute Gasteiger partial charge is 0.493 e. The number of anilines is 1. The Hall–Kier alpha value is -2.81. The number of carbonyl (C=O) groups is 1. The predicted octanol–water partition coefficient (Wildman–Crippen LogP) is 3.86. The fourth-order valence-corrected chi connectivity index (χ4v) is 3.53. The van der Waals surface area contributed by atoms with Gasteiger partial charge in [0.25, 0.3) is 0 Å². The van der Waals surface area contributed by atoms with Crippen LogP contribution in [-0.4, -0.2) is 39.7 Å². The zero-order valence-corrected chi connectivity index (χ0v) is 19.4. The number of ether oxygens (including phenoxy) is 2. The van der Waals surface area contributed by atoms with Gasteiger partial charge in [0.05, 0.1) is 48.0 Å². The Morgan fingerprint density at radius 3 is 2.47 bits per heavy atom. The smallest absolute Gasteiger partial charge is 0.226 e. The lowest BCUT2D eigenvalue weighted by Crippen LogP contribution is -2.16. The molecule has 2 aromatic heterocycles. The van der Waals surface area contributed by atoms with E-state index in [-0.39, 0.29) is 5.91 Å². The minimum absolute atomic E-state index is 0.0730. The van der Waals surface area contributed by atoms with Gasteiger partial charge in [0.2, 0.25) is 5.91 Å². The van der Waals surface area contributed by atoms with Crippen molar-refractivity contribution in [2.45, 2.75) is 40.3 Å². The molecule has 0 fully saturated rings. The highest BCUT2D eigenvalue weighted by Gasteiger charge is 2.15. The van der Waals surface area contributed by atoms with E-state index in [0.29, 0.717) is 31.0 Å². The quantitative estimate of drug-likeness (QED) is 0.534. The third kappa shape index (κ3) is 4.84. The van der Waals surface area contributed by atoms with Crippen molar-refractivity contribution in [3.63, 3.8) is 0 Å². The topological polar surface area (TPSA) is 83.2 Å². The van der Waals surface area contributed by atoms with Gasteiger partial charge in [0.15, 0.2) is 11.5 Å². The van der Waals surface area contributed by atoms with E-state index in [9.17, 15) is 4.79 Å². The number of nitrogens with zero attached hydrogens (tertiary/aromatic N) is 4. The normalized spacial score (nSPS) is 10.9. The summed E-state index contributed by atoms with van der Waals surface area (Å²) in [7, 11) is 3.22. The van der Waals surface area contributed by atoms with E-state index in [1.807, 2.05) is 49.8 Å². The Kier molecular flexibility index (Phi) is 6.81. The molecular formula is C21H26BrN5O3. The van der Waals surface area contributed by atoms with Crippen LogP contribution >= 0.6 is 15.9 Å². The molecule has 0 saturated heterocycles. The van der Waals surface area contributed by atoms with E-state index >= 15 is 0 Å². The molecule has 1 aromatic carbocycles. The third-order valence-corrected chi connectivity index (χ3v) is 5.66. The Morgan fingerprint density at radius 1 is 1.10 bits per heavy atom. The van der Waals surface area contributed by atoms with Gasteiger partial charge in [-0.05, 0) is 54.4 Å². The number of benzene rings is 1. The van der Waals surface area contributed by atoms with Gasteiger partial charge >= 0.3 is 0 Å². The first-order valence-electron chi connectivity index (χ1n) is 9.56. The van der Waals surface area contributed by atoms with Crippen LogP contribution in [0, 0.1) is 20.8 Å². The van der Waals surface area contributed by atoms with E-state index in [1.54, 1.807) is 18.9 Å². The summed E-state index contributed by atoms with van der Waals surface area (Å²) >= 11 is 3.43. The first-order valence-corrected chi connectivity index (χ1v) is 10.4. The zero-order valence-electron chi connectivity index (χ0n) is 17.8. The van der Waals surface area contributed by atoms with Crippen molar-refractivity contribution < 1.29 is 14.3 Å². The van der Waals surface area contributed by atoms with Gasteiger partial charge in [-0.3, -0.25) is 14.2 Å². The van der Waals surface area contributed by atoms with Gasteiger partial charge in [-0.1, -0.05) is 6.07 Å². The summed E-state index contributed by atoms with van der Waals surface area (Å²) < 4.78 is 15.2. The second-order valence-corrected chi connectivity index (χ2v) is 7.87. The van der Waals surface area contributed by atoms with Crippen LogP contribution in [0.1, 0.15) is 29.1 Å². The van der Waals surface area contributed by atoms with Crippen LogP contribution in [0.3, 0.4) is 0 Å². The molecule has 3 rings (SSSR count). The number of aryl methyl sites for hydroxylation is 3. The summed E-state index contributed by atoms with van der Waals surface area (Å²) in [5, 5.41) is 11.9. The van der Waals surface area contributed by atoms with Gasteiger partial charge in [0, 0.05) is 19.2 Å². The molecule has 0 aliphatic rings. The maximum atomic E-state index is 12.5. The fourth-order valence-electron chi connectivity index (χ4n) is 3.21. The predicted molar refractivity (Wildman–Crippen MR) is 118 cm³/mol. The van der Waals surface area contributed by atoms with E-state index < -0.39 is 0 Å². The van der Waals surface area contributed by atoms with Crippen LogP contribution in [0.15, 0.2) is 28.9 Å². The zero-order chi connectivity index (χ0) is 21.8. The number of amides is 1. The molecule has 9 heteroatoms. The number of hydrogen-bond donors (Lipinski definition) is 1. The lowest BCUT2D eigenvalue weighted by Gasteiger charge is -2.11. The summed E-state index contributed by atoms with van der Waals surface area (Å²) in [6.45, 7) is 6.83. The number of methoxy groups -OCH3 is 2. The van der Waals surface area contributed by atoms with Crippen LogP contribution in [0.2, 0.25) is 0 Å². The highest BCUT2D eigenvalue weighted by Crippen LogP contribution is 2.28. The third-order valence-electron chi connectivity index (χ3n) is 4.88. The van der Waals surface area contributed by atoms with Crippen LogP contribution in [0.25, 0.3) is 0 Å². The van der Waals surface area contributed by atoms with Crippen molar-refractivity contribution in [1.29, 1.82) is 0 Å². The van der Waals surface area contributed by atoms with Crippen molar-refractivity contribution in [3.05, 3.63) is 51.5 Å². The lowest BCUT2D eigenvalue weighted by atomic mass is 10.2. The summed E-state index contributed by atoms with van der Waals surface area (Å²) in [6, 6.07) is 5.77. The van der Waals surface area contributed by atoms with Gasteiger partial charge in [0.1, 0.15) is 0 Å². The summed E-state index contributed by atoms with van der Waals surface area (Å²) in [6.07, 6.45) is 2.20. The SMILES string of the molecule is COc1ccc(Cn2nc(C)c(NC(=O)CCn3cc(Br)c(C)n3)c2C)cc1OC. The summed E-state index contributed by atoms with van der Waals surface area (Å²) in [5.74, 6) is 1.28. The van der Waals surface area contributed by atoms with Crippen LogP contribution < -0.4 is 14.8 Å². The van der Waals surface area contributed by atoms with Gasteiger partial charge in [-0.2, -0.15) is 10.2 Å². The Labute approximate surface area is 184 Å². The molecule has 3 aromatic rings. The molecule has 30 heavy (non-hydrogen) atoms. The molecule has 1 amide bonds. The number of halogens is 1. The molecule has 0 aliphatic carbocycles. The summed E-state index contributed by atoms with van der Waals surface area (Å²) in [4.78, 5) is 12.5. The number of nitrogens with one attached hydrogen (secondary N) is 1. The van der Waals surface area contributed by atoms with Gasteiger partial charge in [-0.25, -0.2) is 0 Å². The summed E-state index contributed by atoms with van der Waals surface area (Å²) in [5.41, 5.74) is 4.35. The Bertz CT molecular complexity index is 1040. The minimum atomic E-state index is -0.0730. The number of aromatic nitrogens is 4. The first-order chi connectivity index (χ1) is 14.3. The average Bonchev–Trinajstić information content (AvgIpc) is 3.18. The van der Waals surface area contributed by atoms with E-state index in [0.717, 1.165) is 32.8 Å². The molecule has 0 saturated carbocycles. The maximum absolute atomic E-state index is 12.5. The van der Waals surface area contributed by atoms with Crippen LogP contribution in [0.4, 0.5) is 5.69 Å². The van der Waals surface area contributed by atoms with Gasteiger partial charge in [-0.15, -0.1) is 0 Å². The van der Waals surface area contributed by atoms with E-state index in [1.165, 1.54) is 0 Å². The van der Waals surface area contributed by atoms with Crippen molar-refractivity contribution in [2.24, 2.45) is 0 Å².